The van der Waals surface area contributed by atoms with Gasteiger partial charge in [-0.2, -0.15) is 13.2 Å². The van der Waals surface area contributed by atoms with Gasteiger partial charge in [0.1, 0.15) is 0 Å². The predicted octanol–water partition coefficient (Wildman–Crippen LogP) is 2.08. The fourth-order valence-corrected chi connectivity index (χ4v) is 1.28. The highest BCUT2D eigenvalue weighted by Gasteiger charge is 2.45. The molecule has 1 aromatic rings. The summed E-state index contributed by atoms with van der Waals surface area (Å²) in [6.07, 6.45) is -4.57. The van der Waals surface area contributed by atoms with Crippen molar-refractivity contribution in [2.24, 2.45) is 0 Å². The zero-order chi connectivity index (χ0) is 11.5. The van der Waals surface area contributed by atoms with Crippen LogP contribution in [0.2, 0.25) is 0 Å². The number of likely N-dealkylation sites (N-methyl/N-ethyl adjacent to an activating group) is 1. The largest absolute Gasteiger partial charge is 0.404 e. The van der Waals surface area contributed by atoms with Crippen molar-refractivity contribution in [2.75, 3.05) is 7.05 Å². The monoisotopic (exact) mass is 217 g/mol. The molecular formula is C10H10F3NO. The second kappa shape index (κ2) is 4.33. The number of hydrogen-bond acceptors (Lipinski definition) is 1. The summed E-state index contributed by atoms with van der Waals surface area (Å²) in [5.74, 6) is -3.14. The van der Waals surface area contributed by atoms with E-state index in [1.54, 1.807) is 6.07 Å². The summed E-state index contributed by atoms with van der Waals surface area (Å²) in [6, 6.07) is 7.11. The van der Waals surface area contributed by atoms with Crippen LogP contribution in [0.3, 0.4) is 0 Å². The van der Waals surface area contributed by atoms with E-state index in [1.807, 2.05) is 5.32 Å². The molecule has 1 N–H and O–H groups in total. The molecule has 15 heavy (non-hydrogen) atoms. The lowest BCUT2D eigenvalue weighted by atomic mass is 9.98. The molecule has 1 rings (SSSR count). The minimum atomic E-state index is -4.57. The molecule has 0 saturated heterocycles. The number of rotatable bonds is 2. The third kappa shape index (κ3) is 2.71. The second-order valence-electron chi connectivity index (χ2n) is 3.00. The first-order valence-corrected chi connectivity index (χ1v) is 4.30. The van der Waals surface area contributed by atoms with Crippen LogP contribution in [0, 0.1) is 0 Å². The fourth-order valence-electron chi connectivity index (χ4n) is 1.28. The van der Waals surface area contributed by atoms with Gasteiger partial charge in [0.25, 0.3) is 0 Å². The Bertz CT molecular complexity index is 334. The van der Waals surface area contributed by atoms with E-state index in [0.717, 1.165) is 0 Å². The molecule has 0 spiro atoms. The van der Waals surface area contributed by atoms with Crippen LogP contribution < -0.4 is 5.32 Å². The first kappa shape index (κ1) is 11.6. The average molecular weight is 217 g/mol. The van der Waals surface area contributed by atoms with E-state index in [2.05, 4.69) is 0 Å². The lowest BCUT2D eigenvalue weighted by molar-refractivity contribution is -0.164. The van der Waals surface area contributed by atoms with Crippen molar-refractivity contribution in [3.8, 4) is 0 Å². The van der Waals surface area contributed by atoms with Gasteiger partial charge in [-0.15, -0.1) is 0 Å². The minimum absolute atomic E-state index is 0.0515. The molecule has 0 aliphatic rings. The van der Waals surface area contributed by atoms with Crippen molar-refractivity contribution in [3.05, 3.63) is 35.9 Å². The van der Waals surface area contributed by atoms with E-state index in [9.17, 15) is 18.0 Å². The number of hydrogen-bond donors (Lipinski definition) is 1. The number of carbonyl (C=O) groups is 1. The molecule has 0 bridgehead atoms. The van der Waals surface area contributed by atoms with Crippen molar-refractivity contribution in [3.63, 3.8) is 0 Å². The van der Waals surface area contributed by atoms with E-state index >= 15 is 0 Å². The topological polar surface area (TPSA) is 29.1 Å². The fraction of sp³-hybridized carbons (Fsp3) is 0.300. The summed E-state index contributed by atoms with van der Waals surface area (Å²) >= 11 is 0. The summed E-state index contributed by atoms with van der Waals surface area (Å²) < 4.78 is 37.7. The van der Waals surface area contributed by atoms with E-state index in [-0.39, 0.29) is 5.56 Å². The minimum Gasteiger partial charge on any atom is -0.358 e. The Morgan fingerprint density at radius 3 is 2.20 bits per heavy atom. The molecule has 1 amide bonds. The van der Waals surface area contributed by atoms with Crippen LogP contribution in [-0.4, -0.2) is 19.1 Å². The van der Waals surface area contributed by atoms with Gasteiger partial charge >= 0.3 is 6.18 Å². The molecule has 2 nitrogen and oxygen atoms in total. The molecule has 0 saturated carbocycles. The van der Waals surface area contributed by atoms with Crippen molar-refractivity contribution in [1.29, 1.82) is 0 Å². The van der Waals surface area contributed by atoms with E-state index < -0.39 is 18.0 Å². The smallest absolute Gasteiger partial charge is 0.358 e. The summed E-state index contributed by atoms with van der Waals surface area (Å²) in [7, 11) is 1.18. The summed E-state index contributed by atoms with van der Waals surface area (Å²) in [5.41, 5.74) is -0.0515. The highest BCUT2D eigenvalue weighted by Crippen LogP contribution is 2.34. The molecule has 82 valence electrons. The summed E-state index contributed by atoms with van der Waals surface area (Å²) in [4.78, 5) is 11.1. The first-order chi connectivity index (χ1) is 6.96. The Balaban J connectivity index is 3.08. The third-order valence-corrected chi connectivity index (χ3v) is 1.97. The molecule has 0 heterocycles. The number of amides is 1. The van der Waals surface area contributed by atoms with Crippen LogP contribution in [-0.2, 0) is 4.79 Å². The van der Waals surface area contributed by atoms with Gasteiger partial charge in [-0.3, -0.25) is 4.79 Å². The van der Waals surface area contributed by atoms with Crippen LogP contribution in [0.1, 0.15) is 11.5 Å². The molecule has 0 unspecified atom stereocenters. The number of carbonyl (C=O) groups excluding carboxylic acids is 1. The Morgan fingerprint density at radius 1 is 1.27 bits per heavy atom. The van der Waals surface area contributed by atoms with Crippen molar-refractivity contribution in [2.45, 2.75) is 12.1 Å². The Morgan fingerprint density at radius 2 is 1.80 bits per heavy atom. The highest BCUT2D eigenvalue weighted by molar-refractivity contribution is 5.84. The molecule has 0 aromatic heterocycles. The van der Waals surface area contributed by atoms with Crippen LogP contribution in [0.4, 0.5) is 13.2 Å². The molecular weight excluding hydrogens is 207 g/mol. The van der Waals surface area contributed by atoms with Gasteiger partial charge in [0, 0.05) is 7.05 Å². The average Bonchev–Trinajstić information content (AvgIpc) is 2.17. The molecule has 1 aromatic carbocycles. The van der Waals surface area contributed by atoms with E-state index in [1.165, 1.54) is 31.3 Å². The second-order valence-corrected chi connectivity index (χ2v) is 3.00. The first-order valence-electron chi connectivity index (χ1n) is 4.30. The molecule has 1 atom stereocenters. The number of halogens is 3. The van der Waals surface area contributed by atoms with Gasteiger partial charge in [-0.1, -0.05) is 30.3 Å². The van der Waals surface area contributed by atoms with Gasteiger partial charge < -0.3 is 5.32 Å². The van der Waals surface area contributed by atoms with Gasteiger partial charge in [0.15, 0.2) is 5.92 Å². The number of nitrogens with one attached hydrogen (secondary N) is 1. The van der Waals surface area contributed by atoms with E-state index in [4.69, 9.17) is 0 Å². The SMILES string of the molecule is CNC(=O)[C@@H](c1ccccc1)C(F)(F)F. The van der Waals surface area contributed by atoms with Crippen LogP contribution in [0.5, 0.6) is 0 Å². The molecule has 0 fully saturated rings. The maximum absolute atomic E-state index is 12.6. The lowest BCUT2D eigenvalue weighted by Gasteiger charge is -2.18. The standard InChI is InChI=1S/C10H10F3NO/c1-14-9(15)8(10(11,12)13)7-5-3-2-4-6-7/h2-6,8H,1H3,(H,14,15)/t8-/m1/s1. The quantitative estimate of drug-likeness (QED) is 0.807. The highest BCUT2D eigenvalue weighted by atomic mass is 19.4. The van der Waals surface area contributed by atoms with Crippen LogP contribution in [0.25, 0.3) is 0 Å². The number of benzene rings is 1. The zero-order valence-corrected chi connectivity index (χ0v) is 8.01. The van der Waals surface area contributed by atoms with Crippen molar-refractivity contribution < 1.29 is 18.0 Å². The maximum Gasteiger partial charge on any atom is 0.404 e. The van der Waals surface area contributed by atoms with Crippen molar-refractivity contribution in [1.82, 2.24) is 5.32 Å². The maximum atomic E-state index is 12.6. The molecule has 5 heteroatoms. The molecule has 0 aliphatic heterocycles. The molecule has 0 radical (unpaired) electrons. The van der Waals surface area contributed by atoms with E-state index in [0.29, 0.717) is 0 Å². The lowest BCUT2D eigenvalue weighted by Crippen LogP contribution is -2.35. The summed E-state index contributed by atoms with van der Waals surface area (Å²) in [5, 5.41) is 2.01. The van der Waals surface area contributed by atoms with Gasteiger partial charge in [-0.25, -0.2) is 0 Å². The van der Waals surface area contributed by atoms with Gasteiger partial charge in [-0.05, 0) is 5.56 Å². The number of alkyl halides is 3. The molecule has 0 aliphatic carbocycles. The normalized spacial score (nSPS) is 13.3. The predicted molar refractivity (Wildman–Crippen MR) is 49.3 cm³/mol. The Kier molecular flexibility index (Phi) is 3.34. The summed E-state index contributed by atoms with van der Waals surface area (Å²) in [6.45, 7) is 0. The van der Waals surface area contributed by atoms with Gasteiger partial charge in [0.05, 0.1) is 0 Å². The van der Waals surface area contributed by atoms with Crippen molar-refractivity contribution >= 4 is 5.91 Å². The van der Waals surface area contributed by atoms with Gasteiger partial charge in [0.2, 0.25) is 5.91 Å². The van der Waals surface area contributed by atoms with Crippen LogP contribution in [0.15, 0.2) is 30.3 Å². The Labute approximate surface area is 85.1 Å². The Hall–Kier alpha value is -1.52. The van der Waals surface area contributed by atoms with Crippen LogP contribution >= 0.6 is 0 Å². The third-order valence-electron chi connectivity index (χ3n) is 1.97. The zero-order valence-electron chi connectivity index (χ0n) is 8.01.